The lowest BCUT2D eigenvalue weighted by Gasteiger charge is -2.01. The number of carbonyl (C=O) groups excluding carboxylic acids is 1. The van der Waals surface area contributed by atoms with Gasteiger partial charge in [0, 0.05) is 13.0 Å². The number of nitrogens with one attached hydrogen (secondary N) is 1. The van der Waals surface area contributed by atoms with Crippen molar-refractivity contribution in [1.29, 1.82) is 0 Å². The standard InChI is InChI=1S/C11H16N2O4/c1-7-8(2)17-10(13-7)6-9(14)12-5-3-4-11(15)16/h3-6H2,1-2H3,(H,12,14)(H,15,16). The van der Waals surface area contributed by atoms with E-state index in [1.54, 1.807) is 6.92 Å². The first kappa shape index (κ1) is 13.2. The van der Waals surface area contributed by atoms with E-state index in [0.717, 1.165) is 5.69 Å². The third kappa shape index (κ3) is 4.67. The van der Waals surface area contributed by atoms with E-state index >= 15 is 0 Å². The van der Waals surface area contributed by atoms with Crippen LogP contribution in [0.2, 0.25) is 0 Å². The van der Waals surface area contributed by atoms with Crippen LogP contribution < -0.4 is 5.32 Å². The molecule has 94 valence electrons. The van der Waals surface area contributed by atoms with E-state index < -0.39 is 5.97 Å². The number of hydrogen-bond donors (Lipinski definition) is 2. The fourth-order valence-corrected chi connectivity index (χ4v) is 1.28. The molecular weight excluding hydrogens is 224 g/mol. The summed E-state index contributed by atoms with van der Waals surface area (Å²) in [6.45, 7) is 3.95. The summed E-state index contributed by atoms with van der Waals surface area (Å²) in [6.07, 6.45) is 0.559. The lowest BCUT2D eigenvalue weighted by Crippen LogP contribution is -2.26. The van der Waals surface area contributed by atoms with E-state index in [0.29, 0.717) is 24.6 Å². The highest BCUT2D eigenvalue weighted by molar-refractivity contribution is 5.77. The van der Waals surface area contributed by atoms with Crippen molar-refractivity contribution in [2.24, 2.45) is 0 Å². The van der Waals surface area contributed by atoms with Crippen molar-refractivity contribution in [3.8, 4) is 0 Å². The molecule has 0 fully saturated rings. The van der Waals surface area contributed by atoms with Crippen LogP contribution in [-0.2, 0) is 16.0 Å². The highest BCUT2D eigenvalue weighted by Crippen LogP contribution is 2.08. The topological polar surface area (TPSA) is 92.4 Å². The zero-order valence-corrected chi connectivity index (χ0v) is 9.95. The first-order valence-electron chi connectivity index (χ1n) is 5.40. The van der Waals surface area contributed by atoms with Gasteiger partial charge in [0.15, 0.2) is 0 Å². The van der Waals surface area contributed by atoms with Gasteiger partial charge in [-0.3, -0.25) is 9.59 Å². The molecular formula is C11H16N2O4. The summed E-state index contributed by atoms with van der Waals surface area (Å²) in [4.78, 5) is 25.7. The predicted molar refractivity (Wildman–Crippen MR) is 59.6 cm³/mol. The SMILES string of the molecule is Cc1nc(CC(=O)NCCCC(=O)O)oc1C. The zero-order chi connectivity index (χ0) is 12.8. The Bertz CT molecular complexity index is 392. The average Bonchev–Trinajstić information content (AvgIpc) is 2.52. The van der Waals surface area contributed by atoms with Crippen LogP contribution in [0.1, 0.15) is 30.2 Å². The highest BCUT2D eigenvalue weighted by Gasteiger charge is 2.10. The monoisotopic (exact) mass is 240 g/mol. The molecule has 0 aliphatic rings. The number of carboxylic acid groups (broad SMARTS) is 1. The van der Waals surface area contributed by atoms with E-state index in [1.807, 2.05) is 6.92 Å². The van der Waals surface area contributed by atoms with Gasteiger partial charge in [0.1, 0.15) is 12.2 Å². The van der Waals surface area contributed by atoms with E-state index in [2.05, 4.69) is 10.3 Å². The van der Waals surface area contributed by atoms with Crippen molar-refractivity contribution >= 4 is 11.9 Å². The molecule has 1 aromatic rings. The molecule has 0 spiro atoms. The highest BCUT2D eigenvalue weighted by atomic mass is 16.4. The Morgan fingerprint density at radius 1 is 1.41 bits per heavy atom. The van der Waals surface area contributed by atoms with Crippen LogP contribution in [0.25, 0.3) is 0 Å². The van der Waals surface area contributed by atoms with Gasteiger partial charge in [-0.2, -0.15) is 0 Å². The van der Waals surface area contributed by atoms with Crippen molar-refractivity contribution in [3.63, 3.8) is 0 Å². The average molecular weight is 240 g/mol. The van der Waals surface area contributed by atoms with Gasteiger partial charge >= 0.3 is 5.97 Å². The Kier molecular flexibility index (Phi) is 4.68. The molecule has 1 amide bonds. The molecule has 0 aliphatic heterocycles. The van der Waals surface area contributed by atoms with Gasteiger partial charge in [0.05, 0.1) is 5.69 Å². The molecule has 6 heteroatoms. The number of oxazole rings is 1. The van der Waals surface area contributed by atoms with Gasteiger partial charge < -0.3 is 14.8 Å². The second-order valence-corrected chi connectivity index (χ2v) is 3.77. The van der Waals surface area contributed by atoms with E-state index in [1.165, 1.54) is 0 Å². The van der Waals surface area contributed by atoms with Gasteiger partial charge in [-0.1, -0.05) is 0 Å². The smallest absolute Gasteiger partial charge is 0.303 e. The largest absolute Gasteiger partial charge is 0.481 e. The lowest BCUT2D eigenvalue weighted by atomic mass is 10.3. The Labute approximate surface area is 99.0 Å². The normalized spacial score (nSPS) is 10.2. The summed E-state index contributed by atoms with van der Waals surface area (Å²) in [5.41, 5.74) is 0.777. The van der Waals surface area contributed by atoms with Crippen LogP contribution in [0.3, 0.4) is 0 Å². The molecule has 0 radical (unpaired) electrons. The van der Waals surface area contributed by atoms with Crippen LogP contribution in [0.4, 0.5) is 0 Å². The molecule has 6 nitrogen and oxygen atoms in total. The molecule has 17 heavy (non-hydrogen) atoms. The number of rotatable bonds is 6. The van der Waals surface area contributed by atoms with E-state index in [4.69, 9.17) is 9.52 Å². The quantitative estimate of drug-likeness (QED) is 0.718. The van der Waals surface area contributed by atoms with Crippen LogP contribution in [-0.4, -0.2) is 28.5 Å². The van der Waals surface area contributed by atoms with Crippen LogP contribution >= 0.6 is 0 Å². The first-order valence-corrected chi connectivity index (χ1v) is 5.40. The minimum absolute atomic E-state index is 0.0531. The minimum atomic E-state index is -0.863. The Morgan fingerprint density at radius 3 is 2.65 bits per heavy atom. The molecule has 0 unspecified atom stereocenters. The molecule has 0 aromatic carbocycles. The summed E-state index contributed by atoms with van der Waals surface area (Å²) in [7, 11) is 0. The Hall–Kier alpha value is -1.85. The number of carboxylic acids is 1. The second-order valence-electron chi connectivity index (χ2n) is 3.77. The zero-order valence-electron chi connectivity index (χ0n) is 9.95. The minimum Gasteiger partial charge on any atom is -0.481 e. The summed E-state index contributed by atoms with van der Waals surface area (Å²) in [5, 5.41) is 11.0. The third-order valence-corrected chi connectivity index (χ3v) is 2.27. The molecule has 1 heterocycles. The van der Waals surface area contributed by atoms with Gasteiger partial charge in [-0.05, 0) is 20.3 Å². The van der Waals surface area contributed by atoms with Gasteiger partial charge in [-0.15, -0.1) is 0 Å². The molecule has 0 saturated heterocycles. The maximum atomic E-state index is 11.4. The number of aryl methyl sites for hydroxylation is 2. The molecule has 1 aromatic heterocycles. The molecule has 0 aliphatic carbocycles. The summed E-state index contributed by atoms with van der Waals surface area (Å²) in [6, 6.07) is 0. The second kappa shape index (κ2) is 6.03. The maximum Gasteiger partial charge on any atom is 0.303 e. The van der Waals surface area contributed by atoms with Crippen LogP contribution in [0, 0.1) is 13.8 Å². The van der Waals surface area contributed by atoms with Crippen LogP contribution in [0.15, 0.2) is 4.42 Å². The maximum absolute atomic E-state index is 11.4. The Balaban J connectivity index is 2.27. The third-order valence-electron chi connectivity index (χ3n) is 2.27. The van der Waals surface area contributed by atoms with Crippen molar-refractivity contribution in [2.75, 3.05) is 6.54 Å². The molecule has 0 bridgehead atoms. The Morgan fingerprint density at radius 2 is 2.12 bits per heavy atom. The molecule has 0 saturated carbocycles. The molecule has 0 atom stereocenters. The number of aromatic nitrogens is 1. The van der Waals surface area contributed by atoms with Crippen molar-refractivity contribution in [2.45, 2.75) is 33.1 Å². The predicted octanol–water partition coefficient (Wildman–Crippen LogP) is 0.815. The number of amides is 1. The number of hydrogen-bond acceptors (Lipinski definition) is 4. The number of aliphatic carboxylic acids is 1. The van der Waals surface area contributed by atoms with E-state index in [-0.39, 0.29) is 18.7 Å². The van der Waals surface area contributed by atoms with Crippen molar-refractivity contribution < 1.29 is 19.1 Å². The number of carbonyl (C=O) groups is 2. The fraction of sp³-hybridized carbons (Fsp3) is 0.545. The van der Waals surface area contributed by atoms with Gasteiger partial charge in [0.2, 0.25) is 11.8 Å². The van der Waals surface area contributed by atoms with E-state index in [9.17, 15) is 9.59 Å². The summed E-state index contributed by atoms with van der Waals surface area (Å²) < 4.78 is 5.26. The van der Waals surface area contributed by atoms with Gasteiger partial charge in [0.25, 0.3) is 0 Å². The van der Waals surface area contributed by atoms with Crippen LogP contribution in [0.5, 0.6) is 0 Å². The van der Waals surface area contributed by atoms with Crippen molar-refractivity contribution in [1.82, 2.24) is 10.3 Å². The fourth-order valence-electron chi connectivity index (χ4n) is 1.28. The van der Waals surface area contributed by atoms with Gasteiger partial charge in [-0.25, -0.2) is 4.98 Å². The van der Waals surface area contributed by atoms with Crippen molar-refractivity contribution in [3.05, 3.63) is 17.3 Å². The molecule has 2 N–H and O–H groups in total. The summed E-state index contributed by atoms with van der Waals surface area (Å²) in [5.74, 6) is 0.0178. The molecule has 1 rings (SSSR count). The lowest BCUT2D eigenvalue weighted by molar-refractivity contribution is -0.137. The number of nitrogens with zero attached hydrogens (tertiary/aromatic N) is 1. The summed E-state index contributed by atoms with van der Waals surface area (Å²) >= 11 is 0. The first-order chi connectivity index (χ1) is 7.99.